The van der Waals surface area contributed by atoms with Crippen LogP contribution in [0, 0.1) is 33.5 Å². The van der Waals surface area contributed by atoms with Crippen LogP contribution < -0.4 is 5.32 Å². The van der Waals surface area contributed by atoms with Gasteiger partial charge >= 0.3 is 0 Å². The highest BCUT2D eigenvalue weighted by molar-refractivity contribution is 5.43. The number of halogens is 1. The molecule has 20 heavy (non-hydrogen) atoms. The van der Waals surface area contributed by atoms with Gasteiger partial charge in [-0.2, -0.15) is 0 Å². The summed E-state index contributed by atoms with van der Waals surface area (Å²) >= 11 is 0. The fourth-order valence-corrected chi connectivity index (χ4v) is 2.67. The van der Waals surface area contributed by atoms with Crippen LogP contribution in [0.2, 0.25) is 0 Å². The first-order chi connectivity index (χ1) is 9.45. The molecule has 1 unspecified atom stereocenters. The fourth-order valence-electron chi connectivity index (χ4n) is 2.67. The molecular weight excluding hydrogens is 249 g/mol. The van der Waals surface area contributed by atoms with Crippen LogP contribution in [-0.4, -0.2) is 7.05 Å². The van der Waals surface area contributed by atoms with Crippen molar-refractivity contribution in [1.29, 1.82) is 0 Å². The Bertz CT molecular complexity index is 632. The molecule has 106 valence electrons. The lowest BCUT2D eigenvalue weighted by Crippen LogP contribution is -2.20. The minimum atomic E-state index is -0.121. The van der Waals surface area contributed by atoms with Crippen molar-refractivity contribution in [1.82, 2.24) is 5.32 Å². The van der Waals surface area contributed by atoms with E-state index in [0.717, 1.165) is 5.56 Å². The summed E-state index contributed by atoms with van der Waals surface area (Å²) in [5.74, 6) is -0.121. The van der Waals surface area contributed by atoms with Crippen LogP contribution in [0.25, 0.3) is 0 Å². The predicted octanol–water partition coefficient (Wildman–Crippen LogP) is 4.37. The first-order valence-corrected chi connectivity index (χ1v) is 6.95. The summed E-state index contributed by atoms with van der Waals surface area (Å²) in [4.78, 5) is 0. The highest BCUT2D eigenvalue weighted by Gasteiger charge is 2.19. The molecule has 1 atom stereocenters. The Balaban J connectivity index is 2.58. The number of hydrogen-bond donors (Lipinski definition) is 1. The molecule has 0 fully saturated rings. The van der Waals surface area contributed by atoms with E-state index >= 15 is 0 Å². The lowest BCUT2D eigenvalue weighted by molar-refractivity contribution is 0.568. The fraction of sp³-hybridized carbons (Fsp3) is 0.333. The maximum absolute atomic E-state index is 14.4. The third-order valence-electron chi connectivity index (χ3n) is 4.01. The van der Waals surface area contributed by atoms with Gasteiger partial charge in [-0.05, 0) is 62.6 Å². The number of nitrogens with one attached hydrogen (secondary N) is 1. The summed E-state index contributed by atoms with van der Waals surface area (Å²) < 4.78 is 14.4. The second-order valence-corrected chi connectivity index (χ2v) is 5.49. The van der Waals surface area contributed by atoms with Crippen LogP contribution in [0.3, 0.4) is 0 Å². The third kappa shape index (κ3) is 2.61. The monoisotopic (exact) mass is 271 g/mol. The van der Waals surface area contributed by atoms with E-state index in [4.69, 9.17) is 0 Å². The molecule has 2 heteroatoms. The Kier molecular flexibility index (Phi) is 4.24. The van der Waals surface area contributed by atoms with Crippen molar-refractivity contribution >= 4 is 0 Å². The molecule has 0 radical (unpaired) electrons. The number of aryl methyl sites for hydroxylation is 4. The molecule has 2 aromatic rings. The van der Waals surface area contributed by atoms with Gasteiger partial charge in [0, 0.05) is 5.56 Å². The van der Waals surface area contributed by atoms with Crippen molar-refractivity contribution in [2.24, 2.45) is 0 Å². The normalized spacial score (nSPS) is 12.5. The molecule has 0 heterocycles. The summed E-state index contributed by atoms with van der Waals surface area (Å²) in [5, 5.41) is 3.25. The Morgan fingerprint density at radius 3 is 2.15 bits per heavy atom. The summed E-state index contributed by atoms with van der Waals surface area (Å²) in [7, 11) is 1.88. The van der Waals surface area contributed by atoms with Crippen LogP contribution in [0.15, 0.2) is 30.3 Å². The Morgan fingerprint density at radius 1 is 0.850 bits per heavy atom. The van der Waals surface area contributed by atoms with Gasteiger partial charge in [-0.3, -0.25) is 0 Å². The van der Waals surface area contributed by atoms with Gasteiger partial charge < -0.3 is 5.32 Å². The first kappa shape index (κ1) is 14.7. The summed E-state index contributed by atoms with van der Waals surface area (Å²) in [6.07, 6.45) is 0. The largest absolute Gasteiger partial charge is 0.309 e. The molecule has 0 amide bonds. The maximum Gasteiger partial charge on any atom is 0.131 e. The molecule has 0 aromatic heterocycles. The van der Waals surface area contributed by atoms with E-state index in [9.17, 15) is 4.39 Å². The van der Waals surface area contributed by atoms with Gasteiger partial charge in [-0.1, -0.05) is 30.3 Å². The van der Waals surface area contributed by atoms with Gasteiger partial charge in [0.15, 0.2) is 0 Å². The van der Waals surface area contributed by atoms with E-state index in [1.807, 2.05) is 19.2 Å². The van der Waals surface area contributed by atoms with Gasteiger partial charge in [0.2, 0.25) is 0 Å². The Hall–Kier alpha value is -1.67. The zero-order valence-corrected chi connectivity index (χ0v) is 12.8. The molecule has 0 saturated heterocycles. The average molecular weight is 271 g/mol. The molecule has 0 bridgehead atoms. The van der Waals surface area contributed by atoms with Crippen LogP contribution in [-0.2, 0) is 0 Å². The molecule has 0 spiro atoms. The van der Waals surface area contributed by atoms with Gasteiger partial charge in [0.1, 0.15) is 5.82 Å². The molecule has 0 aliphatic rings. The van der Waals surface area contributed by atoms with E-state index in [2.05, 4.69) is 38.2 Å². The first-order valence-electron chi connectivity index (χ1n) is 6.95. The van der Waals surface area contributed by atoms with E-state index < -0.39 is 0 Å². The molecule has 2 rings (SSSR count). The van der Waals surface area contributed by atoms with Gasteiger partial charge in [0.25, 0.3) is 0 Å². The standard InChI is InChI=1S/C18H22FN/c1-11-7-6-8-15(17(11)19)18(20-5)16-10-13(3)12(2)9-14(16)4/h6-10,18,20H,1-5H3. The lowest BCUT2D eigenvalue weighted by atomic mass is 9.91. The second-order valence-electron chi connectivity index (χ2n) is 5.49. The van der Waals surface area contributed by atoms with Crippen molar-refractivity contribution < 1.29 is 4.39 Å². The smallest absolute Gasteiger partial charge is 0.131 e. The molecule has 1 nitrogen and oxygen atoms in total. The molecular formula is C18H22FN. The zero-order chi connectivity index (χ0) is 14.9. The predicted molar refractivity (Wildman–Crippen MR) is 82.7 cm³/mol. The second kappa shape index (κ2) is 5.76. The van der Waals surface area contributed by atoms with Crippen LogP contribution in [0.1, 0.15) is 39.4 Å². The lowest BCUT2D eigenvalue weighted by Gasteiger charge is -2.22. The Morgan fingerprint density at radius 2 is 1.50 bits per heavy atom. The number of rotatable bonds is 3. The van der Waals surface area contributed by atoms with Gasteiger partial charge in [-0.15, -0.1) is 0 Å². The number of hydrogen-bond acceptors (Lipinski definition) is 1. The zero-order valence-electron chi connectivity index (χ0n) is 12.8. The summed E-state index contributed by atoms with van der Waals surface area (Å²) in [5.41, 5.74) is 6.22. The van der Waals surface area contributed by atoms with Crippen molar-refractivity contribution in [2.45, 2.75) is 33.7 Å². The average Bonchev–Trinajstić information content (AvgIpc) is 2.41. The molecule has 2 aromatic carbocycles. The highest BCUT2D eigenvalue weighted by Crippen LogP contribution is 2.29. The SMILES string of the molecule is CNC(c1cc(C)c(C)cc1C)c1cccc(C)c1F. The molecule has 0 aliphatic carbocycles. The Labute approximate surface area is 120 Å². The maximum atomic E-state index is 14.4. The van der Waals surface area contributed by atoms with Crippen LogP contribution in [0.5, 0.6) is 0 Å². The van der Waals surface area contributed by atoms with Crippen LogP contribution in [0.4, 0.5) is 4.39 Å². The van der Waals surface area contributed by atoms with Crippen molar-refractivity contribution in [3.05, 3.63) is 69.5 Å². The van der Waals surface area contributed by atoms with E-state index in [0.29, 0.717) is 11.1 Å². The summed E-state index contributed by atoms with van der Waals surface area (Å²) in [6, 6.07) is 9.79. The third-order valence-corrected chi connectivity index (χ3v) is 4.01. The van der Waals surface area contributed by atoms with Crippen molar-refractivity contribution in [3.8, 4) is 0 Å². The van der Waals surface area contributed by atoms with Crippen molar-refractivity contribution in [2.75, 3.05) is 7.05 Å². The van der Waals surface area contributed by atoms with E-state index in [1.54, 1.807) is 13.0 Å². The van der Waals surface area contributed by atoms with Crippen LogP contribution >= 0.6 is 0 Å². The molecule has 0 saturated carbocycles. The minimum Gasteiger partial charge on any atom is -0.309 e. The quantitative estimate of drug-likeness (QED) is 0.874. The topological polar surface area (TPSA) is 12.0 Å². The van der Waals surface area contributed by atoms with Crippen molar-refractivity contribution in [3.63, 3.8) is 0 Å². The highest BCUT2D eigenvalue weighted by atomic mass is 19.1. The number of benzene rings is 2. The molecule has 0 aliphatic heterocycles. The van der Waals surface area contributed by atoms with E-state index in [-0.39, 0.29) is 11.9 Å². The summed E-state index contributed by atoms with van der Waals surface area (Å²) in [6.45, 7) is 8.09. The van der Waals surface area contributed by atoms with Gasteiger partial charge in [-0.25, -0.2) is 4.39 Å². The molecule has 1 N–H and O–H groups in total. The van der Waals surface area contributed by atoms with E-state index in [1.165, 1.54) is 16.7 Å². The minimum absolute atomic E-state index is 0.116. The van der Waals surface area contributed by atoms with Gasteiger partial charge in [0.05, 0.1) is 6.04 Å².